The van der Waals surface area contributed by atoms with E-state index in [0.29, 0.717) is 0 Å². The number of ether oxygens (including phenoxy) is 1. The molecule has 2 aromatic rings. The molecule has 0 radical (unpaired) electrons. The summed E-state index contributed by atoms with van der Waals surface area (Å²) >= 11 is 0. The van der Waals surface area contributed by atoms with Gasteiger partial charge in [0.2, 0.25) is 11.8 Å². The monoisotopic (exact) mass is 272 g/mol. The molecular weight excluding hydrogens is 260 g/mol. The third-order valence-corrected chi connectivity index (χ3v) is 2.33. The number of anilines is 1. The summed E-state index contributed by atoms with van der Waals surface area (Å²) in [5.41, 5.74) is 0.896. The number of methoxy groups -OCH3 is 1. The van der Waals surface area contributed by atoms with Crippen LogP contribution in [0.15, 0.2) is 36.4 Å². The molecule has 0 spiro atoms. The lowest BCUT2D eigenvalue weighted by molar-refractivity contribution is -0.111. The number of benzene rings is 1. The van der Waals surface area contributed by atoms with Crippen LogP contribution in [-0.2, 0) is 9.53 Å². The summed E-state index contributed by atoms with van der Waals surface area (Å²) in [4.78, 5) is 26.5. The van der Waals surface area contributed by atoms with Crippen molar-refractivity contribution in [2.24, 2.45) is 0 Å². The van der Waals surface area contributed by atoms with E-state index < -0.39 is 11.9 Å². The fourth-order valence-corrected chi connectivity index (χ4v) is 1.39. The van der Waals surface area contributed by atoms with Gasteiger partial charge in [-0.05, 0) is 11.6 Å². The van der Waals surface area contributed by atoms with E-state index in [2.05, 4.69) is 25.2 Å². The Labute approximate surface area is 114 Å². The van der Waals surface area contributed by atoms with Crippen LogP contribution in [0.25, 0.3) is 6.08 Å². The van der Waals surface area contributed by atoms with Crippen molar-refractivity contribution in [1.82, 2.24) is 15.2 Å². The summed E-state index contributed by atoms with van der Waals surface area (Å²) in [5.74, 6) is -1.12. The molecule has 20 heavy (non-hydrogen) atoms. The maximum atomic E-state index is 11.6. The molecule has 102 valence electrons. The first-order valence-corrected chi connectivity index (χ1v) is 5.74. The Hall–Kier alpha value is -2.96. The Kier molecular flexibility index (Phi) is 4.23. The summed E-state index contributed by atoms with van der Waals surface area (Å²) in [5, 5.41) is 8.46. The highest BCUT2D eigenvalue weighted by Crippen LogP contribution is 2.03. The third kappa shape index (κ3) is 3.52. The van der Waals surface area contributed by atoms with Gasteiger partial charge in [-0.3, -0.25) is 15.2 Å². The van der Waals surface area contributed by atoms with Gasteiger partial charge in [-0.2, -0.15) is 4.98 Å². The fraction of sp³-hybridized carbons (Fsp3) is 0.0769. The van der Waals surface area contributed by atoms with Gasteiger partial charge in [-0.1, -0.05) is 30.3 Å². The van der Waals surface area contributed by atoms with Gasteiger partial charge in [0.15, 0.2) is 0 Å². The molecule has 0 saturated heterocycles. The van der Waals surface area contributed by atoms with Crippen LogP contribution >= 0.6 is 0 Å². The Balaban J connectivity index is 1.96. The lowest BCUT2D eigenvalue weighted by Gasteiger charge is -1.95. The van der Waals surface area contributed by atoms with Crippen LogP contribution in [0, 0.1) is 0 Å². The number of aromatic nitrogens is 3. The summed E-state index contributed by atoms with van der Waals surface area (Å²) in [6, 6.07) is 9.36. The van der Waals surface area contributed by atoms with Crippen molar-refractivity contribution in [3.63, 3.8) is 0 Å². The number of esters is 1. The van der Waals surface area contributed by atoms with Crippen molar-refractivity contribution in [3.8, 4) is 0 Å². The molecule has 0 bridgehead atoms. The lowest BCUT2D eigenvalue weighted by atomic mass is 10.2. The first kappa shape index (κ1) is 13.5. The molecule has 1 amide bonds. The molecule has 2 rings (SSSR count). The summed E-state index contributed by atoms with van der Waals surface area (Å²) in [6.45, 7) is 0. The van der Waals surface area contributed by atoms with E-state index in [9.17, 15) is 9.59 Å². The number of hydrogen-bond acceptors (Lipinski definition) is 5. The first-order chi connectivity index (χ1) is 9.69. The highest BCUT2D eigenvalue weighted by molar-refractivity contribution is 6.01. The van der Waals surface area contributed by atoms with Crippen LogP contribution in [0.1, 0.15) is 16.2 Å². The maximum absolute atomic E-state index is 11.6. The van der Waals surface area contributed by atoms with Gasteiger partial charge in [0.05, 0.1) is 7.11 Å². The fourth-order valence-electron chi connectivity index (χ4n) is 1.39. The van der Waals surface area contributed by atoms with Crippen LogP contribution < -0.4 is 5.32 Å². The average Bonchev–Trinajstić information content (AvgIpc) is 2.94. The minimum Gasteiger partial charge on any atom is -0.463 e. The zero-order chi connectivity index (χ0) is 14.4. The standard InChI is InChI=1S/C13H12N4O3/c1-20-12(19)11-15-13(17-16-11)14-10(18)8-7-9-5-3-2-4-6-9/h2-8H,1H3,(H2,14,15,16,17,18). The smallest absolute Gasteiger partial charge is 0.375 e. The average molecular weight is 272 g/mol. The van der Waals surface area contributed by atoms with Gasteiger partial charge >= 0.3 is 5.97 Å². The predicted molar refractivity (Wildman–Crippen MR) is 71.8 cm³/mol. The molecule has 0 aliphatic rings. The molecule has 1 heterocycles. The second-order valence-electron chi connectivity index (χ2n) is 3.73. The second-order valence-corrected chi connectivity index (χ2v) is 3.73. The number of nitrogens with one attached hydrogen (secondary N) is 2. The summed E-state index contributed by atoms with van der Waals surface area (Å²) in [7, 11) is 1.23. The van der Waals surface area contributed by atoms with E-state index >= 15 is 0 Å². The molecule has 0 aliphatic heterocycles. The molecule has 1 aromatic heterocycles. The number of nitrogens with zero attached hydrogens (tertiary/aromatic N) is 2. The van der Waals surface area contributed by atoms with Gasteiger partial charge in [-0.25, -0.2) is 4.79 Å². The van der Waals surface area contributed by atoms with Crippen LogP contribution in [0.2, 0.25) is 0 Å². The largest absolute Gasteiger partial charge is 0.463 e. The molecule has 1 aromatic carbocycles. The van der Waals surface area contributed by atoms with E-state index in [1.54, 1.807) is 6.08 Å². The first-order valence-electron chi connectivity index (χ1n) is 5.74. The molecule has 0 atom stereocenters. The van der Waals surface area contributed by atoms with E-state index in [1.165, 1.54) is 13.2 Å². The summed E-state index contributed by atoms with van der Waals surface area (Å²) in [6.07, 6.45) is 3.01. The predicted octanol–water partition coefficient (Wildman–Crippen LogP) is 1.24. The molecule has 0 aliphatic carbocycles. The van der Waals surface area contributed by atoms with E-state index in [-0.39, 0.29) is 11.8 Å². The topological polar surface area (TPSA) is 97.0 Å². The third-order valence-electron chi connectivity index (χ3n) is 2.33. The Morgan fingerprint density at radius 3 is 2.75 bits per heavy atom. The molecular formula is C13H12N4O3. The number of rotatable bonds is 4. The van der Waals surface area contributed by atoms with Crippen LogP contribution in [-0.4, -0.2) is 34.2 Å². The minimum absolute atomic E-state index is 0.00751. The Morgan fingerprint density at radius 2 is 2.05 bits per heavy atom. The van der Waals surface area contributed by atoms with Crippen molar-refractivity contribution in [3.05, 3.63) is 47.8 Å². The molecule has 0 saturated carbocycles. The maximum Gasteiger partial charge on any atom is 0.375 e. The van der Waals surface area contributed by atoms with Crippen molar-refractivity contribution < 1.29 is 14.3 Å². The van der Waals surface area contributed by atoms with Gasteiger partial charge in [0.1, 0.15) is 0 Å². The molecule has 2 N–H and O–H groups in total. The van der Waals surface area contributed by atoms with E-state index in [1.807, 2.05) is 30.3 Å². The van der Waals surface area contributed by atoms with Gasteiger partial charge in [-0.15, -0.1) is 5.10 Å². The van der Waals surface area contributed by atoms with Crippen molar-refractivity contribution >= 4 is 23.9 Å². The zero-order valence-electron chi connectivity index (χ0n) is 10.7. The highest BCUT2D eigenvalue weighted by atomic mass is 16.5. The van der Waals surface area contributed by atoms with Crippen LogP contribution in [0.3, 0.4) is 0 Å². The normalized spacial score (nSPS) is 10.4. The van der Waals surface area contributed by atoms with Crippen molar-refractivity contribution in [2.45, 2.75) is 0 Å². The Bertz CT molecular complexity index is 634. The second kappa shape index (κ2) is 6.28. The highest BCUT2D eigenvalue weighted by Gasteiger charge is 2.12. The van der Waals surface area contributed by atoms with Gasteiger partial charge in [0, 0.05) is 6.08 Å². The quantitative estimate of drug-likeness (QED) is 0.644. The SMILES string of the molecule is COC(=O)c1nc(NC(=O)C=Cc2ccccc2)n[nH]1. The minimum atomic E-state index is -0.655. The lowest BCUT2D eigenvalue weighted by Crippen LogP contribution is -2.09. The number of aromatic amines is 1. The molecule has 0 fully saturated rings. The van der Waals surface area contributed by atoms with E-state index in [0.717, 1.165) is 5.56 Å². The van der Waals surface area contributed by atoms with Crippen molar-refractivity contribution in [1.29, 1.82) is 0 Å². The summed E-state index contributed by atoms with van der Waals surface area (Å²) < 4.78 is 4.46. The van der Waals surface area contributed by atoms with Crippen molar-refractivity contribution in [2.75, 3.05) is 12.4 Å². The number of carbonyl (C=O) groups is 2. The Morgan fingerprint density at radius 1 is 1.30 bits per heavy atom. The van der Waals surface area contributed by atoms with Gasteiger partial charge < -0.3 is 4.74 Å². The number of carbonyl (C=O) groups excluding carboxylic acids is 2. The molecule has 7 nitrogen and oxygen atoms in total. The zero-order valence-corrected chi connectivity index (χ0v) is 10.7. The molecule has 7 heteroatoms. The van der Waals surface area contributed by atoms with E-state index in [4.69, 9.17) is 0 Å². The number of hydrogen-bond donors (Lipinski definition) is 2. The van der Waals surface area contributed by atoms with Gasteiger partial charge in [0.25, 0.3) is 5.91 Å². The number of amides is 1. The number of H-pyrrole nitrogens is 1. The molecule has 0 unspecified atom stereocenters. The van der Waals surface area contributed by atoms with Crippen LogP contribution in [0.4, 0.5) is 5.95 Å². The van der Waals surface area contributed by atoms with Crippen LogP contribution in [0.5, 0.6) is 0 Å².